The van der Waals surface area contributed by atoms with Crippen molar-refractivity contribution in [3.63, 3.8) is 0 Å². The summed E-state index contributed by atoms with van der Waals surface area (Å²) < 4.78 is 7.41. The molecule has 0 bridgehead atoms. The molecule has 1 aliphatic rings. The predicted octanol–water partition coefficient (Wildman–Crippen LogP) is 4.11. The van der Waals surface area contributed by atoms with Gasteiger partial charge < -0.3 is 9.64 Å². The van der Waals surface area contributed by atoms with Crippen LogP contribution in [0.3, 0.4) is 0 Å². The first-order valence-electron chi connectivity index (χ1n) is 10.5. The Balaban J connectivity index is 1.64. The second-order valence-electron chi connectivity index (χ2n) is 7.53. The second kappa shape index (κ2) is 9.60. The van der Waals surface area contributed by atoms with Gasteiger partial charge >= 0.3 is 0 Å². The fraction of sp³-hybridized carbons (Fsp3) is 0.522. The van der Waals surface area contributed by atoms with E-state index in [0.717, 1.165) is 42.1 Å². The van der Waals surface area contributed by atoms with Crippen LogP contribution in [0.25, 0.3) is 0 Å². The largest absolute Gasteiger partial charge is 0.494 e. The molecule has 2 aromatic rings. The number of nitrogens with zero attached hydrogens (tertiary/aromatic N) is 4. The Bertz CT molecular complexity index is 880. The maximum Gasteiger partial charge on any atom is 0.223 e. The van der Waals surface area contributed by atoms with Crippen LogP contribution in [-0.4, -0.2) is 33.7 Å². The van der Waals surface area contributed by atoms with Crippen LogP contribution in [-0.2, 0) is 17.8 Å². The van der Waals surface area contributed by atoms with Gasteiger partial charge in [0.05, 0.1) is 37.4 Å². The van der Waals surface area contributed by atoms with E-state index in [0.29, 0.717) is 32.4 Å². The van der Waals surface area contributed by atoms with E-state index in [1.165, 1.54) is 5.56 Å². The van der Waals surface area contributed by atoms with Crippen LogP contribution in [0.5, 0.6) is 5.75 Å². The highest BCUT2D eigenvalue weighted by Gasteiger charge is 2.29. The van der Waals surface area contributed by atoms with Crippen molar-refractivity contribution in [3.05, 3.63) is 46.8 Å². The number of benzene rings is 1. The van der Waals surface area contributed by atoms with Crippen molar-refractivity contribution in [2.24, 2.45) is 0 Å². The molecule has 0 saturated carbocycles. The smallest absolute Gasteiger partial charge is 0.223 e. The lowest BCUT2D eigenvalue weighted by Gasteiger charge is -2.25. The molecule has 1 amide bonds. The average Bonchev–Trinajstić information content (AvgIpc) is 3.31. The highest BCUT2D eigenvalue weighted by molar-refractivity contribution is 5.77. The fourth-order valence-electron chi connectivity index (χ4n) is 4.21. The molecule has 6 heteroatoms. The Hall–Kier alpha value is -2.81. The minimum atomic E-state index is 0.152. The first-order chi connectivity index (χ1) is 14.0. The highest BCUT2D eigenvalue weighted by Crippen LogP contribution is 2.33. The van der Waals surface area contributed by atoms with Gasteiger partial charge in [0.15, 0.2) is 0 Å². The number of aromatic nitrogens is 2. The number of carbonyl (C=O) groups is 1. The number of likely N-dealkylation sites (tertiary alicyclic amines) is 1. The molecule has 2 heterocycles. The van der Waals surface area contributed by atoms with Crippen LogP contribution < -0.4 is 4.74 Å². The SMILES string of the molecule is CCOc1ccc(C2CCCN2C(=O)CCc2c(C)nn(CCC#N)c2C)cc1. The third-order valence-corrected chi connectivity index (χ3v) is 5.70. The predicted molar refractivity (Wildman–Crippen MR) is 112 cm³/mol. The molecule has 1 saturated heterocycles. The summed E-state index contributed by atoms with van der Waals surface area (Å²) in [7, 11) is 0. The molecule has 0 N–H and O–H groups in total. The number of ether oxygens (including phenoxy) is 1. The number of rotatable bonds is 8. The summed E-state index contributed by atoms with van der Waals surface area (Å²) in [5.41, 5.74) is 4.33. The summed E-state index contributed by atoms with van der Waals surface area (Å²) >= 11 is 0. The molecule has 154 valence electrons. The van der Waals surface area contributed by atoms with Gasteiger partial charge in [0.25, 0.3) is 0 Å². The maximum atomic E-state index is 13.0. The van der Waals surface area contributed by atoms with E-state index in [1.807, 2.05) is 42.5 Å². The molecular formula is C23H30N4O2. The van der Waals surface area contributed by atoms with E-state index in [2.05, 4.69) is 23.3 Å². The lowest BCUT2D eigenvalue weighted by Crippen LogP contribution is -2.30. The van der Waals surface area contributed by atoms with E-state index in [-0.39, 0.29) is 11.9 Å². The number of aryl methyl sites for hydroxylation is 2. The van der Waals surface area contributed by atoms with Crippen LogP contribution in [0.1, 0.15) is 61.2 Å². The van der Waals surface area contributed by atoms with Crippen molar-refractivity contribution in [2.45, 2.75) is 65.5 Å². The maximum absolute atomic E-state index is 13.0. The molecule has 3 rings (SSSR count). The summed E-state index contributed by atoms with van der Waals surface area (Å²) in [5, 5.41) is 13.3. The molecule has 0 radical (unpaired) electrons. The Morgan fingerprint density at radius 1 is 1.31 bits per heavy atom. The van der Waals surface area contributed by atoms with Gasteiger partial charge in [-0.2, -0.15) is 10.4 Å². The van der Waals surface area contributed by atoms with Gasteiger partial charge in [0, 0.05) is 18.7 Å². The molecular weight excluding hydrogens is 364 g/mol. The molecule has 29 heavy (non-hydrogen) atoms. The van der Waals surface area contributed by atoms with Gasteiger partial charge in [-0.25, -0.2) is 0 Å². The Kier molecular flexibility index (Phi) is 6.92. The van der Waals surface area contributed by atoms with E-state index in [4.69, 9.17) is 10.00 Å². The first-order valence-corrected chi connectivity index (χ1v) is 10.5. The molecule has 1 atom stereocenters. The fourth-order valence-corrected chi connectivity index (χ4v) is 4.21. The lowest BCUT2D eigenvalue weighted by atomic mass is 10.0. The third-order valence-electron chi connectivity index (χ3n) is 5.70. The van der Waals surface area contributed by atoms with Crippen molar-refractivity contribution in [2.75, 3.05) is 13.2 Å². The van der Waals surface area contributed by atoms with Crippen molar-refractivity contribution in [1.29, 1.82) is 5.26 Å². The Morgan fingerprint density at radius 3 is 2.76 bits per heavy atom. The zero-order chi connectivity index (χ0) is 20.8. The molecule has 1 aliphatic heterocycles. The van der Waals surface area contributed by atoms with Crippen molar-refractivity contribution < 1.29 is 9.53 Å². The molecule has 0 aliphatic carbocycles. The summed E-state index contributed by atoms with van der Waals surface area (Å²) in [4.78, 5) is 15.0. The van der Waals surface area contributed by atoms with Gasteiger partial charge in [0.1, 0.15) is 5.75 Å². The van der Waals surface area contributed by atoms with Crippen LogP contribution in [0.2, 0.25) is 0 Å². The zero-order valence-electron chi connectivity index (χ0n) is 17.6. The monoisotopic (exact) mass is 394 g/mol. The summed E-state index contributed by atoms with van der Waals surface area (Å²) in [6, 6.07) is 10.4. The number of nitriles is 1. The van der Waals surface area contributed by atoms with Gasteiger partial charge in [-0.1, -0.05) is 12.1 Å². The highest BCUT2D eigenvalue weighted by atomic mass is 16.5. The van der Waals surface area contributed by atoms with E-state index < -0.39 is 0 Å². The molecule has 1 fully saturated rings. The number of hydrogen-bond donors (Lipinski definition) is 0. The quantitative estimate of drug-likeness (QED) is 0.675. The number of amides is 1. The van der Waals surface area contributed by atoms with Gasteiger partial charge in [-0.05, 0) is 63.3 Å². The summed E-state index contributed by atoms with van der Waals surface area (Å²) in [6.07, 6.45) is 3.66. The minimum Gasteiger partial charge on any atom is -0.494 e. The van der Waals surface area contributed by atoms with Crippen molar-refractivity contribution in [1.82, 2.24) is 14.7 Å². The molecule has 1 aromatic heterocycles. The van der Waals surface area contributed by atoms with Crippen molar-refractivity contribution >= 4 is 5.91 Å². The van der Waals surface area contributed by atoms with Gasteiger partial charge in [0.2, 0.25) is 5.91 Å². The van der Waals surface area contributed by atoms with Crippen LogP contribution in [0, 0.1) is 25.2 Å². The van der Waals surface area contributed by atoms with Gasteiger partial charge in [-0.15, -0.1) is 0 Å². The second-order valence-corrected chi connectivity index (χ2v) is 7.53. The summed E-state index contributed by atoms with van der Waals surface area (Å²) in [6.45, 7) is 8.05. The van der Waals surface area contributed by atoms with E-state index in [1.54, 1.807) is 0 Å². The third kappa shape index (κ3) is 4.79. The Labute approximate surface area is 173 Å². The molecule has 1 aromatic carbocycles. The standard InChI is InChI=1S/C23H30N4O2/c1-4-29-20-10-8-19(9-11-20)22-7-5-15-26(22)23(28)13-12-21-17(2)25-27(18(21)3)16-6-14-24/h8-11,22H,4-7,12-13,15-16H2,1-3H3. The summed E-state index contributed by atoms with van der Waals surface area (Å²) in [5.74, 6) is 1.07. The average molecular weight is 395 g/mol. The van der Waals surface area contributed by atoms with Crippen LogP contribution in [0.15, 0.2) is 24.3 Å². The van der Waals surface area contributed by atoms with Crippen LogP contribution >= 0.6 is 0 Å². The number of hydrogen-bond acceptors (Lipinski definition) is 4. The van der Waals surface area contributed by atoms with Crippen molar-refractivity contribution in [3.8, 4) is 11.8 Å². The van der Waals surface area contributed by atoms with Gasteiger partial charge in [-0.3, -0.25) is 9.48 Å². The number of carbonyl (C=O) groups excluding carboxylic acids is 1. The first kappa shape index (κ1) is 20.9. The minimum absolute atomic E-state index is 0.152. The zero-order valence-corrected chi connectivity index (χ0v) is 17.6. The van der Waals surface area contributed by atoms with E-state index >= 15 is 0 Å². The lowest BCUT2D eigenvalue weighted by molar-refractivity contribution is -0.132. The van der Waals surface area contributed by atoms with E-state index in [9.17, 15) is 4.79 Å². The molecule has 0 spiro atoms. The molecule has 1 unspecified atom stereocenters. The normalized spacial score (nSPS) is 16.1. The topological polar surface area (TPSA) is 71.2 Å². The van der Waals surface area contributed by atoms with Crippen LogP contribution in [0.4, 0.5) is 0 Å². The Morgan fingerprint density at radius 2 is 2.07 bits per heavy atom. The molecule has 6 nitrogen and oxygen atoms in total.